The number of hydrogen-bond donors (Lipinski definition) is 0. The van der Waals surface area contributed by atoms with Gasteiger partial charge in [-0.05, 0) is 165 Å². The van der Waals surface area contributed by atoms with Crippen LogP contribution >= 0.6 is 0 Å². The zero-order valence-corrected chi connectivity index (χ0v) is 40.2. The molecule has 0 N–H and O–H groups in total. The molecule has 1 aliphatic rings. The van der Waals surface area contributed by atoms with Crippen molar-refractivity contribution in [3.63, 3.8) is 0 Å². The van der Waals surface area contributed by atoms with Gasteiger partial charge in [-0.1, -0.05) is 122 Å². The summed E-state index contributed by atoms with van der Waals surface area (Å²) in [7, 11) is -1.98. The lowest BCUT2D eigenvalue weighted by Gasteiger charge is -2.26. The lowest BCUT2D eigenvalue weighted by atomic mass is 10.0. The minimum atomic E-state index is -1.98. The Morgan fingerprint density at radius 3 is 0.817 bits per heavy atom. The third-order valence-corrected chi connectivity index (χ3v) is 16.3. The number of rotatable bonds is 14. The topological polar surface area (TPSA) is 76.5 Å². The number of aromatic nitrogens is 4. The predicted octanol–water partition coefficient (Wildman–Crippen LogP) is 16.4. The predicted molar refractivity (Wildman–Crippen MR) is 291 cm³/mol. The molecule has 342 valence electrons. The molecular weight excluding hydrogens is 889 g/mol. The Bertz CT molecular complexity index is 3120. The smallest absolute Gasteiger partial charge is 0.138 e. The second kappa shape index (κ2) is 19.8. The van der Waals surface area contributed by atoms with Crippen molar-refractivity contribution in [3.05, 3.63) is 266 Å². The molecule has 9 heteroatoms. The molecule has 8 nitrogen and oxygen atoms in total. The van der Waals surface area contributed by atoms with Gasteiger partial charge in [0.2, 0.25) is 0 Å². The molecule has 0 unspecified atom stereocenters. The molecule has 6 aromatic carbocycles. The van der Waals surface area contributed by atoms with Crippen molar-refractivity contribution >= 4 is 53.1 Å². The van der Waals surface area contributed by atoms with E-state index in [0.717, 1.165) is 79.9 Å². The van der Waals surface area contributed by atoms with Crippen LogP contribution in [0.5, 0.6) is 23.0 Å². The Kier molecular flexibility index (Phi) is 12.4. The Balaban J connectivity index is 0.702. The van der Waals surface area contributed by atoms with Crippen molar-refractivity contribution in [1.29, 1.82) is 0 Å². The first-order valence-electron chi connectivity index (χ1n) is 23.6. The van der Waals surface area contributed by atoms with Crippen molar-refractivity contribution in [1.82, 2.24) is 19.9 Å². The van der Waals surface area contributed by atoms with E-state index in [1.807, 2.05) is 155 Å². The van der Waals surface area contributed by atoms with Crippen LogP contribution in [-0.4, -0.2) is 28.0 Å². The van der Waals surface area contributed by atoms with Gasteiger partial charge >= 0.3 is 0 Å². The average molecular weight is 937 g/mol. The summed E-state index contributed by atoms with van der Waals surface area (Å²) in [6.07, 6.45) is 11.8. The molecule has 0 atom stereocenters. The highest BCUT2D eigenvalue weighted by Gasteiger charge is 2.35. The molecule has 10 aromatic rings. The largest absolute Gasteiger partial charge is 0.457 e. The first-order chi connectivity index (χ1) is 34.9. The molecular formula is C62H48N6O2Si. The molecule has 0 fully saturated rings. The van der Waals surface area contributed by atoms with Crippen molar-refractivity contribution in [2.75, 3.05) is 9.80 Å². The van der Waals surface area contributed by atoms with Gasteiger partial charge in [0.1, 0.15) is 54.3 Å². The summed E-state index contributed by atoms with van der Waals surface area (Å²) in [5.74, 6) is 6.19. The highest BCUT2D eigenvalue weighted by molar-refractivity contribution is 7.09. The Morgan fingerprint density at radius 2 is 0.549 bits per heavy atom. The van der Waals surface area contributed by atoms with Crippen molar-refractivity contribution in [3.8, 4) is 45.3 Å². The van der Waals surface area contributed by atoms with Gasteiger partial charge in [0.25, 0.3) is 0 Å². The molecule has 0 amide bonds. The molecule has 5 heterocycles. The first-order valence-corrected chi connectivity index (χ1v) is 26.6. The van der Waals surface area contributed by atoms with Crippen LogP contribution in [0.3, 0.4) is 0 Å². The fraction of sp³-hybridized carbons (Fsp3) is 0.0323. The van der Waals surface area contributed by atoms with Crippen molar-refractivity contribution in [2.24, 2.45) is 0 Å². The van der Waals surface area contributed by atoms with E-state index in [-0.39, 0.29) is 0 Å². The van der Waals surface area contributed by atoms with Crippen molar-refractivity contribution < 1.29 is 9.47 Å². The average Bonchev–Trinajstić information content (AvgIpc) is 3.75. The minimum Gasteiger partial charge on any atom is -0.457 e. The third kappa shape index (κ3) is 9.63. The molecule has 0 radical (unpaired) electrons. The number of nitrogens with zero attached hydrogens (tertiary/aromatic N) is 6. The van der Waals surface area contributed by atoms with Gasteiger partial charge in [-0.25, -0.2) is 19.9 Å². The fourth-order valence-electron chi connectivity index (χ4n) is 9.06. The monoisotopic (exact) mass is 936 g/mol. The summed E-state index contributed by atoms with van der Waals surface area (Å²) in [6, 6.07) is 74.0. The lowest BCUT2D eigenvalue weighted by Crippen LogP contribution is -2.28. The molecule has 71 heavy (non-hydrogen) atoms. The van der Waals surface area contributed by atoms with Crippen LogP contribution in [0, 0.1) is 0 Å². The first kappa shape index (κ1) is 44.3. The highest BCUT2D eigenvalue weighted by Crippen LogP contribution is 2.43. The van der Waals surface area contributed by atoms with Crippen LogP contribution in [0.2, 0.25) is 13.1 Å². The molecule has 0 saturated heterocycles. The zero-order valence-electron chi connectivity index (χ0n) is 39.2. The lowest BCUT2D eigenvalue weighted by molar-refractivity contribution is 0.482. The maximum absolute atomic E-state index is 6.28. The molecule has 1 aliphatic heterocycles. The number of allylic oxidation sites excluding steroid dienone is 2. The Hall–Kier alpha value is -9.18. The maximum atomic E-state index is 6.28. The van der Waals surface area contributed by atoms with Gasteiger partial charge in [-0.15, -0.1) is 0 Å². The third-order valence-electron chi connectivity index (χ3n) is 12.7. The van der Waals surface area contributed by atoms with Crippen LogP contribution in [0.25, 0.3) is 32.6 Å². The van der Waals surface area contributed by atoms with E-state index in [9.17, 15) is 0 Å². The van der Waals surface area contributed by atoms with Crippen LogP contribution in [0.4, 0.5) is 34.6 Å². The van der Waals surface area contributed by atoms with Crippen LogP contribution < -0.4 is 19.3 Å². The molecule has 4 aromatic heterocycles. The van der Waals surface area contributed by atoms with E-state index in [4.69, 9.17) is 9.47 Å². The van der Waals surface area contributed by atoms with Gasteiger partial charge in [0.15, 0.2) is 0 Å². The van der Waals surface area contributed by atoms with Crippen LogP contribution in [0.1, 0.15) is 11.1 Å². The maximum Gasteiger partial charge on any atom is 0.138 e. The standard InChI is InChI=1S/C62H48N6O2Si/c1-71(2)57(49-19-15-45(16-20-49)47-23-31-53(32-24-47)69-55-35-27-51(28-36-55)67(59-11-3-7-41-63-59)60-12-4-8-42-64-60)39-40-58(71)50-21-17-46(18-22-50)48-25-33-54(34-26-48)70-56-37-29-52(30-38-56)68(61-13-5-9-43-65-61)62-14-6-10-44-66-62/h3-44H,1-2H3. The highest BCUT2D eigenvalue weighted by atomic mass is 28.3. The normalized spacial score (nSPS) is 12.6. The van der Waals surface area contributed by atoms with Crippen molar-refractivity contribution in [2.45, 2.75) is 13.1 Å². The van der Waals surface area contributed by atoms with E-state index >= 15 is 0 Å². The Labute approximate surface area is 415 Å². The molecule has 11 rings (SSSR count). The van der Waals surface area contributed by atoms with Gasteiger partial charge < -0.3 is 9.47 Å². The SMILES string of the molecule is C[Si]1(C)C(c2ccc(-c3ccc(Oc4ccc(N(c5ccccn5)c5ccccn5)cc4)cc3)cc2)=CC=C1c1ccc(-c2ccc(Oc3ccc(N(c4ccccn4)c4ccccn4)cc3)cc2)cc1. The number of pyridine rings is 4. The summed E-state index contributed by atoms with van der Waals surface area (Å²) < 4.78 is 12.6. The molecule has 0 spiro atoms. The van der Waals surface area contributed by atoms with E-state index < -0.39 is 8.07 Å². The minimum absolute atomic E-state index is 0.747. The fourth-order valence-corrected chi connectivity index (χ4v) is 12.1. The summed E-state index contributed by atoms with van der Waals surface area (Å²) in [5, 5.41) is 2.87. The Morgan fingerprint density at radius 1 is 0.296 bits per heavy atom. The summed E-state index contributed by atoms with van der Waals surface area (Å²) in [5.41, 5.74) is 9.01. The number of ether oxygens (including phenoxy) is 2. The van der Waals surface area contributed by atoms with E-state index in [2.05, 4.69) is 118 Å². The van der Waals surface area contributed by atoms with Gasteiger partial charge in [0.05, 0.1) is 0 Å². The summed E-state index contributed by atoms with van der Waals surface area (Å²) in [4.78, 5) is 22.4. The molecule has 0 saturated carbocycles. The summed E-state index contributed by atoms with van der Waals surface area (Å²) in [6.45, 7) is 4.90. The van der Waals surface area contributed by atoms with Gasteiger partial charge in [0, 0.05) is 36.2 Å². The summed E-state index contributed by atoms with van der Waals surface area (Å²) >= 11 is 0. The molecule has 0 bridgehead atoms. The van der Waals surface area contributed by atoms with E-state index in [1.54, 1.807) is 24.8 Å². The second-order valence-electron chi connectivity index (χ2n) is 17.6. The van der Waals surface area contributed by atoms with Gasteiger partial charge in [-0.3, -0.25) is 9.80 Å². The second-order valence-corrected chi connectivity index (χ2v) is 21.9. The number of hydrogen-bond acceptors (Lipinski definition) is 8. The molecule has 0 aliphatic carbocycles. The van der Waals surface area contributed by atoms with Crippen LogP contribution in [-0.2, 0) is 0 Å². The van der Waals surface area contributed by atoms with Crippen LogP contribution in [0.15, 0.2) is 255 Å². The zero-order chi connectivity index (χ0) is 48.0. The van der Waals surface area contributed by atoms with E-state index in [1.165, 1.54) is 21.5 Å². The number of anilines is 6. The quantitative estimate of drug-likeness (QED) is 0.0998. The number of benzene rings is 6. The van der Waals surface area contributed by atoms with Gasteiger partial charge in [-0.2, -0.15) is 0 Å². The van der Waals surface area contributed by atoms with E-state index in [0.29, 0.717) is 0 Å².